The fourth-order valence-corrected chi connectivity index (χ4v) is 6.79. The van der Waals surface area contributed by atoms with E-state index in [0.29, 0.717) is 11.8 Å². The number of likely N-dealkylation sites (tertiary alicyclic amines) is 1. The molecule has 1 amide bonds. The second-order valence-electron chi connectivity index (χ2n) is 10.1. The molecule has 3 aliphatic rings. The number of rotatable bonds is 3. The Morgan fingerprint density at radius 1 is 0.879 bits per heavy atom. The molecule has 0 aromatic heterocycles. The standard InChI is InChI=1S/C30H32N2O/c33-29(27-20-31-21-30(27)17-15-23-11-7-8-14-26(23)30)32-18-16-25(22-9-3-1-4-10-22)19-28(32)24-12-5-2-6-13-24/h1-14,25,27-28,31H,15-21H2/t25-,27+,28+,30+/m1/s1. The Morgan fingerprint density at radius 3 is 2.36 bits per heavy atom. The molecule has 0 bridgehead atoms. The molecule has 2 saturated heterocycles. The fraction of sp³-hybridized carbons (Fsp3) is 0.367. The lowest BCUT2D eigenvalue weighted by molar-refractivity contribution is -0.141. The van der Waals surface area contributed by atoms with Gasteiger partial charge in [0, 0.05) is 25.0 Å². The van der Waals surface area contributed by atoms with Gasteiger partial charge in [0.25, 0.3) is 0 Å². The lowest BCUT2D eigenvalue weighted by atomic mass is 9.72. The van der Waals surface area contributed by atoms with Gasteiger partial charge in [0.2, 0.25) is 5.91 Å². The Labute approximate surface area is 196 Å². The van der Waals surface area contributed by atoms with E-state index < -0.39 is 0 Å². The zero-order valence-electron chi connectivity index (χ0n) is 19.1. The molecular weight excluding hydrogens is 404 g/mol. The highest BCUT2D eigenvalue weighted by atomic mass is 16.2. The first-order valence-corrected chi connectivity index (χ1v) is 12.5. The molecule has 1 N–H and O–H groups in total. The summed E-state index contributed by atoms with van der Waals surface area (Å²) < 4.78 is 0. The van der Waals surface area contributed by atoms with Crippen molar-refractivity contribution in [1.29, 1.82) is 0 Å². The van der Waals surface area contributed by atoms with Crippen molar-refractivity contribution >= 4 is 5.91 Å². The van der Waals surface area contributed by atoms with Gasteiger partial charge >= 0.3 is 0 Å². The second-order valence-corrected chi connectivity index (χ2v) is 10.1. The van der Waals surface area contributed by atoms with E-state index in [1.54, 1.807) is 0 Å². The molecule has 4 atom stereocenters. The number of carbonyl (C=O) groups is 1. The fourth-order valence-electron chi connectivity index (χ4n) is 6.79. The van der Waals surface area contributed by atoms with Crippen molar-refractivity contribution in [3.8, 4) is 0 Å². The zero-order valence-corrected chi connectivity index (χ0v) is 19.1. The number of fused-ring (bicyclic) bond motifs is 2. The number of aryl methyl sites for hydroxylation is 1. The van der Waals surface area contributed by atoms with Crippen molar-refractivity contribution in [1.82, 2.24) is 10.2 Å². The molecule has 33 heavy (non-hydrogen) atoms. The van der Waals surface area contributed by atoms with Crippen LogP contribution in [-0.4, -0.2) is 30.4 Å². The Kier molecular flexibility index (Phi) is 5.30. The summed E-state index contributed by atoms with van der Waals surface area (Å²) in [6, 6.07) is 30.5. The summed E-state index contributed by atoms with van der Waals surface area (Å²) in [6.45, 7) is 2.52. The molecule has 3 nitrogen and oxygen atoms in total. The van der Waals surface area contributed by atoms with Gasteiger partial charge in [0.1, 0.15) is 0 Å². The summed E-state index contributed by atoms with van der Waals surface area (Å²) in [4.78, 5) is 16.5. The third-order valence-corrected chi connectivity index (χ3v) is 8.49. The van der Waals surface area contributed by atoms with Crippen LogP contribution in [0, 0.1) is 5.92 Å². The van der Waals surface area contributed by atoms with Crippen LogP contribution in [0.4, 0.5) is 0 Å². The molecule has 2 heterocycles. The Morgan fingerprint density at radius 2 is 1.58 bits per heavy atom. The molecular formula is C30H32N2O. The number of piperidine rings is 1. The number of nitrogens with one attached hydrogen (secondary N) is 1. The largest absolute Gasteiger partial charge is 0.335 e. The van der Waals surface area contributed by atoms with Crippen molar-refractivity contribution in [3.63, 3.8) is 0 Å². The molecule has 168 valence electrons. The van der Waals surface area contributed by atoms with Gasteiger partial charge in [-0.2, -0.15) is 0 Å². The highest BCUT2D eigenvalue weighted by Gasteiger charge is 2.53. The Balaban J connectivity index is 1.33. The van der Waals surface area contributed by atoms with Gasteiger partial charge in [0.15, 0.2) is 0 Å². The van der Waals surface area contributed by atoms with Crippen LogP contribution < -0.4 is 5.32 Å². The molecule has 0 saturated carbocycles. The minimum Gasteiger partial charge on any atom is -0.335 e. The minimum atomic E-state index is -0.0504. The molecule has 6 rings (SSSR count). The SMILES string of the molecule is O=C([C@@H]1CNC[C@]12CCc1ccccc12)N1CC[C@@H](c2ccccc2)C[C@H]1c1ccccc1. The van der Waals surface area contributed by atoms with Crippen LogP contribution >= 0.6 is 0 Å². The third-order valence-electron chi connectivity index (χ3n) is 8.49. The molecule has 1 aliphatic carbocycles. The zero-order chi connectivity index (χ0) is 22.3. The molecule has 2 fully saturated rings. The summed E-state index contributed by atoms with van der Waals surface area (Å²) in [6.07, 6.45) is 4.18. The van der Waals surface area contributed by atoms with Crippen LogP contribution in [0.5, 0.6) is 0 Å². The Bertz CT molecular complexity index is 1130. The first-order valence-electron chi connectivity index (χ1n) is 12.5. The van der Waals surface area contributed by atoms with Crippen molar-refractivity contribution in [2.75, 3.05) is 19.6 Å². The first-order chi connectivity index (χ1) is 16.3. The first kappa shape index (κ1) is 20.7. The molecule has 3 aromatic rings. The second kappa shape index (κ2) is 8.46. The average Bonchev–Trinajstić information content (AvgIpc) is 3.49. The van der Waals surface area contributed by atoms with Crippen LogP contribution in [-0.2, 0) is 16.6 Å². The smallest absolute Gasteiger partial charge is 0.228 e. The monoisotopic (exact) mass is 436 g/mol. The number of hydrogen-bond acceptors (Lipinski definition) is 2. The average molecular weight is 437 g/mol. The lowest BCUT2D eigenvalue weighted by Gasteiger charge is -2.43. The van der Waals surface area contributed by atoms with E-state index in [4.69, 9.17) is 0 Å². The third kappa shape index (κ3) is 3.50. The normalized spacial score (nSPS) is 28.7. The van der Waals surface area contributed by atoms with E-state index >= 15 is 0 Å². The Hall–Kier alpha value is -2.91. The van der Waals surface area contributed by atoms with Crippen molar-refractivity contribution in [2.24, 2.45) is 5.92 Å². The quantitative estimate of drug-likeness (QED) is 0.609. The van der Waals surface area contributed by atoms with Gasteiger partial charge in [-0.25, -0.2) is 0 Å². The number of hydrogen-bond donors (Lipinski definition) is 1. The van der Waals surface area contributed by atoms with Gasteiger partial charge < -0.3 is 10.2 Å². The topological polar surface area (TPSA) is 32.3 Å². The summed E-state index contributed by atoms with van der Waals surface area (Å²) in [5.41, 5.74) is 5.45. The van der Waals surface area contributed by atoms with Gasteiger partial charge in [-0.1, -0.05) is 84.9 Å². The van der Waals surface area contributed by atoms with Gasteiger partial charge in [0.05, 0.1) is 12.0 Å². The summed E-state index contributed by atoms with van der Waals surface area (Å²) in [5.74, 6) is 0.848. The van der Waals surface area contributed by atoms with Crippen LogP contribution in [0.15, 0.2) is 84.9 Å². The minimum absolute atomic E-state index is 0.0145. The van der Waals surface area contributed by atoms with E-state index in [9.17, 15) is 4.79 Å². The van der Waals surface area contributed by atoms with Crippen LogP contribution in [0.25, 0.3) is 0 Å². The maximum Gasteiger partial charge on any atom is 0.228 e. The molecule has 0 unspecified atom stereocenters. The molecule has 3 heteroatoms. The van der Waals surface area contributed by atoms with Gasteiger partial charge in [-0.15, -0.1) is 0 Å². The van der Waals surface area contributed by atoms with E-state index in [1.807, 2.05) is 0 Å². The van der Waals surface area contributed by atoms with Crippen molar-refractivity contribution in [2.45, 2.75) is 43.1 Å². The number of amides is 1. The number of carbonyl (C=O) groups excluding carboxylic acids is 1. The molecule has 3 aromatic carbocycles. The lowest BCUT2D eigenvalue weighted by Crippen LogP contribution is -2.49. The van der Waals surface area contributed by atoms with Gasteiger partial charge in [-0.05, 0) is 53.9 Å². The van der Waals surface area contributed by atoms with E-state index in [0.717, 1.165) is 45.3 Å². The van der Waals surface area contributed by atoms with Crippen LogP contribution in [0.1, 0.15) is 53.5 Å². The number of benzene rings is 3. The molecule has 1 spiro atoms. The molecule has 0 radical (unpaired) electrons. The van der Waals surface area contributed by atoms with Crippen LogP contribution in [0.2, 0.25) is 0 Å². The van der Waals surface area contributed by atoms with Crippen LogP contribution in [0.3, 0.4) is 0 Å². The van der Waals surface area contributed by atoms with Crippen molar-refractivity contribution < 1.29 is 4.79 Å². The van der Waals surface area contributed by atoms with E-state index in [-0.39, 0.29) is 17.4 Å². The highest BCUT2D eigenvalue weighted by molar-refractivity contribution is 5.82. The summed E-state index contributed by atoms with van der Waals surface area (Å²) in [7, 11) is 0. The maximum atomic E-state index is 14.3. The number of nitrogens with zero attached hydrogens (tertiary/aromatic N) is 1. The summed E-state index contributed by atoms with van der Waals surface area (Å²) >= 11 is 0. The van der Waals surface area contributed by atoms with Gasteiger partial charge in [-0.3, -0.25) is 4.79 Å². The van der Waals surface area contributed by atoms with E-state index in [2.05, 4.69) is 95.1 Å². The maximum absolute atomic E-state index is 14.3. The summed E-state index contributed by atoms with van der Waals surface area (Å²) in [5, 5.41) is 3.61. The predicted octanol–water partition coefficient (Wildman–Crippen LogP) is 5.24. The highest BCUT2D eigenvalue weighted by Crippen LogP contribution is 2.48. The van der Waals surface area contributed by atoms with Crippen molar-refractivity contribution in [3.05, 3.63) is 107 Å². The molecule has 2 aliphatic heterocycles. The predicted molar refractivity (Wildman–Crippen MR) is 132 cm³/mol. The van der Waals surface area contributed by atoms with E-state index in [1.165, 1.54) is 22.3 Å².